The molecule has 0 radical (unpaired) electrons. The molecular weight excluding hydrogens is 354 g/mol. The molecule has 1 saturated carbocycles. The number of rotatable bonds is 5. The largest absolute Gasteiger partial charge is 0.333 e. The highest BCUT2D eigenvalue weighted by Gasteiger charge is 2.61. The van der Waals surface area contributed by atoms with Gasteiger partial charge in [-0.1, -0.05) is 31.6 Å². The third-order valence-corrected chi connectivity index (χ3v) is 8.14. The molecule has 1 aliphatic carbocycles. The fraction of sp³-hybridized carbons (Fsp3) is 0.632. The van der Waals surface area contributed by atoms with Crippen molar-refractivity contribution in [2.75, 3.05) is 11.5 Å². The first-order chi connectivity index (χ1) is 11.6. The number of amides is 1. The van der Waals surface area contributed by atoms with Crippen molar-refractivity contribution in [3.63, 3.8) is 0 Å². The van der Waals surface area contributed by atoms with Gasteiger partial charge in [0.25, 0.3) is 0 Å². The van der Waals surface area contributed by atoms with E-state index in [-0.39, 0.29) is 40.7 Å². The Morgan fingerprint density at radius 3 is 2.64 bits per heavy atom. The summed E-state index contributed by atoms with van der Waals surface area (Å²) in [6, 6.07) is 3.80. The molecule has 1 amide bonds. The van der Waals surface area contributed by atoms with E-state index in [1.54, 1.807) is 11.3 Å². The second kappa shape index (κ2) is 6.54. The second-order valence-electron chi connectivity index (χ2n) is 8.17. The van der Waals surface area contributed by atoms with Crippen LogP contribution in [0.5, 0.6) is 0 Å². The van der Waals surface area contributed by atoms with Crippen molar-refractivity contribution in [3.05, 3.63) is 34.0 Å². The predicted octanol–water partition coefficient (Wildman–Crippen LogP) is 3.50. The van der Waals surface area contributed by atoms with Gasteiger partial charge in [0.1, 0.15) is 0 Å². The van der Waals surface area contributed by atoms with Crippen LogP contribution in [0, 0.1) is 17.3 Å². The third kappa shape index (κ3) is 3.85. The lowest BCUT2D eigenvalue weighted by Gasteiger charge is -2.28. The minimum atomic E-state index is -3.02. The van der Waals surface area contributed by atoms with Crippen molar-refractivity contribution >= 4 is 27.1 Å². The Labute approximate surface area is 154 Å². The Morgan fingerprint density at radius 2 is 2.12 bits per heavy atom. The zero-order valence-electron chi connectivity index (χ0n) is 15.4. The van der Waals surface area contributed by atoms with Crippen molar-refractivity contribution in [3.8, 4) is 0 Å². The smallest absolute Gasteiger partial charge is 0.227 e. The minimum Gasteiger partial charge on any atom is -0.333 e. The molecule has 1 saturated heterocycles. The van der Waals surface area contributed by atoms with Crippen LogP contribution in [0.4, 0.5) is 0 Å². The number of carbonyl (C=O) groups is 1. The molecule has 0 spiro atoms. The molecule has 4 nitrogen and oxygen atoms in total. The fourth-order valence-electron chi connectivity index (χ4n) is 3.98. The highest BCUT2D eigenvalue weighted by atomic mass is 32.2. The van der Waals surface area contributed by atoms with Gasteiger partial charge in [0.2, 0.25) is 5.91 Å². The van der Waals surface area contributed by atoms with E-state index in [9.17, 15) is 13.2 Å². The number of hydrogen-bond acceptors (Lipinski definition) is 4. The van der Waals surface area contributed by atoms with Crippen LogP contribution >= 0.6 is 11.3 Å². The Bertz CT molecular complexity index is 774. The molecule has 138 valence electrons. The van der Waals surface area contributed by atoms with Gasteiger partial charge in [0.05, 0.1) is 24.0 Å². The van der Waals surface area contributed by atoms with Crippen LogP contribution in [-0.2, 0) is 21.2 Å². The average Bonchev–Trinajstić information content (AvgIpc) is 2.93. The predicted molar refractivity (Wildman–Crippen MR) is 102 cm³/mol. The SMILES string of the molecule is CC(C)=CC1C(C(=O)N(Cc2cccs2)C2CCS(=O)(=O)C2)C1(C)C. The van der Waals surface area contributed by atoms with Gasteiger partial charge >= 0.3 is 0 Å². The number of carbonyl (C=O) groups excluding carboxylic acids is 1. The maximum Gasteiger partial charge on any atom is 0.227 e. The molecule has 2 fully saturated rings. The highest BCUT2D eigenvalue weighted by molar-refractivity contribution is 7.91. The topological polar surface area (TPSA) is 54.5 Å². The van der Waals surface area contributed by atoms with E-state index < -0.39 is 9.84 Å². The molecule has 0 aromatic carbocycles. The molecule has 1 aliphatic heterocycles. The summed E-state index contributed by atoms with van der Waals surface area (Å²) >= 11 is 1.62. The molecule has 3 rings (SSSR count). The molecule has 1 aromatic heterocycles. The lowest BCUT2D eigenvalue weighted by atomic mass is 10.1. The molecule has 1 aromatic rings. The van der Waals surface area contributed by atoms with E-state index in [0.29, 0.717) is 13.0 Å². The zero-order valence-corrected chi connectivity index (χ0v) is 17.0. The summed E-state index contributed by atoms with van der Waals surface area (Å²) in [4.78, 5) is 16.3. The van der Waals surface area contributed by atoms with Gasteiger partial charge in [-0.3, -0.25) is 4.79 Å². The highest BCUT2D eigenvalue weighted by Crippen LogP contribution is 2.60. The van der Waals surface area contributed by atoms with Gasteiger partial charge in [0, 0.05) is 10.9 Å². The summed E-state index contributed by atoms with van der Waals surface area (Å²) in [6.07, 6.45) is 2.75. The summed E-state index contributed by atoms with van der Waals surface area (Å²) in [5, 5.41) is 2.00. The third-order valence-electron chi connectivity index (χ3n) is 5.53. The molecule has 3 unspecified atom stereocenters. The Balaban J connectivity index is 1.84. The van der Waals surface area contributed by atoms with Gasteiger partial charge in [-0.2, -0.15) is 0 Å². The van der Waals surface area contributed by atoms with Gasteiger partial charge in [-0.15, -0.1) is 11.3 Å². The maximum atomic E-state index is 13.3. The zero-order chi connectivity index (χ0) is 18.4. The second-order valence-corrected chi connectivity index (χ2v) is 11.4. The van der Waals surface area contributed by atoms with E-state index in [2.05, 4.69) is 33.8 Å². The number of allylic oxidation sites excluding steroid dienone is 2. The van der Waals surface area contributed by atoms with Crippen LogP contribution in [0.25, 0.3) is 0 Å². The summed E-state index contributed by atoms with van der Waals surface area (Å²) in [7, 11) is -3.02. The molecule has 0 N–H and O–H groups in total. The molecule has 2 heterocycles. The van der Waals surface area contributed by atoms with Gasteiger partial charge in [0.15, 0.2) is 9.84 Å². The standard InChI is InChI=1S/C19H27NO3S2/c1-13(2)10-16-17(19(16,3)4)18(21)20(11-15-6-5-8-24-15)14-7-9-25(22,23)12-14/h5-6,8,10,14,16-17H,7,9,11-12H2,1-4H3. The number of nitrogens with zero attached hydrogens (tertiary/aromatic N) is 1. The Hall–Kier alpha value is -1.14. The number of hydrogen-bond donors (Lipinski definition) is 0. The van der Waals surface area contributed by atoms with Crippen LogP contribution in [0.1, 0.15) is 39.0 Å². The van der Waals surface area contributed by atoms with E-state index in [4.69, 9.17) is 0 Å². The summed E-state index contributed by atoms with van der Waals surface area (Å²) < 4.78 is 23.9. The van der Waals surface area contributed by atoms with Crippen LogP contribution < -0.4 is 0 Å². The molecule has 6 heteroatoms. The Kier molecular flexibility index (Phi) is 4.88. The van der Waals surface area contributed by atoms with E-state index >= 15 is 0 Å². The van der Waals surface area contributed by atoms with Gasteiger partial charge < -0.3 is 4.90 Å². The van der Waals surface area contributed by atoms with Crippen molar-refractivity contribution in [2.24, 2.45) is 17.3 Å². The quantitative estimate of drug-likeness (QED) is 0.734. The number of sulfone groups is 1. The van der Waals surface area contributed by atoms with Crippen LogP contribution in [0.15, 0.2) is 29.2 Å². The van der Waals surface area contributed by atoms with E-state index in [1.807, 2.05) is 22.4 Å². The van der Waals surface area contributed by atoms with E-state index in [1.165, 1.54) is 5.57 Å². The summed E-state index contributed by atoms with van der Waals surface area (Å²) in [5.41, 5.74) is 1.17. The summed E-state index contributed by atoms with van der Waals surface area (Å²) in [6.45, 7) is 8.90. The van der Waals surface area contributed by atoms with Crippen molar-refractivity contribution in [1.29, 1.82) is 0 Å². The molecule has 0 bridgehead atoms. The fourth-order valence-corrected chi connectivity index (χ4v) is 6.41. The lowest BCUT2D eigenvalue weighted by molar-refractivity contribution is -0.136. The molecule has 3 atom stereocenters. The Morgan fingerprint density at radius 1 is 1.40 bits per heavy atom. The first-order valence-electron chi connectivity index (χ1n) is 8.80. The molecular formula is C19H27NO3S2. The van der Waals surface area contributed by atoms with Crippen molar-refractivity contribution in [1.82, 2.24) is 4.90 Å². The molecule has 25 heavy (non-hydrogen) atoms. The first kappa shape index (κ1) is 18.6. The van der Waals surface area contributed by atoms with Crippen LogP contribution in [0.3, 0.4) is 0 Å². The minimum absolute atomic E-state index is 0.0503. The van der Waals surface area contributed by atoms with Gasteiger partial charge in [-0.05, 0) is 43.0 Å². The van der Waals surface area contributed by atoms with Gasteiger partial charge in [-0.25, -0.2) is 8.42 Å². The van der Waals surface area contributed by atoms with Crippen LogP contribution in [-0.4, -0.2) is 36.8 Å². The lowest BCUT2D eigenvalue weighted by Crippen LogP contribution is -2.42. The van der Waals surface area contributed by atoms with Crippen molar-refractivity contribution < 1.29 is 13.2 Å². The summed E-state index contributed by atoms with van der Waals surface area (Å²) in [5.74, 6) is 0.601. The average molecular weight is 382 g/mol. The normalized spacial score (nSPS) is 29.2. The van der Waals surface area contributed by atoms with Crippen LogP contribution in [0.2, 0.25) is 0 Å². The molecule has 2 aliphatic rings. The monoisotopic (exact) mass is 381 g/mol. The van der Waals surface area contributed by atoms with E-state index in [0.717, 1.165) is 4.88 Å². The number of thiophene rings is 1. The first-order valence-corrected chi connectivity index (χ1v) is 11.5. The van der Waals surface area contributed by atoms with Crippen molar-refractivity contribution in [2.45, 2.75) is 46.7 Å². The maximum absolute atomic E-state index is 13.3.